The van der Waals surface area contributed by atoms with Crippen LogP contribution in [0, 0.1) is 0 Å². The Hall–Kier alpha value is -3.62. The second-order valence-electron chi connectivity index (χ2n) is 5.94. The number of aryl methyl sites for hydroxylation is 1. The number of aliphatic imine (C=N–C) groups is 1. The van der Waals surface area contributed by atoms with E-state index in [1.54, 1.807) is 36.1 Å². The van der Waals surface area contributed by atoms with E-state index in [1.807, 2.05) is 0 Å². The number of nitrogens with one attached hydrogen (secondary N) is 2. The molecule has 0 saturated heterocycles. The van der Waals surface area contributed by atoms with Gasteiger partial charge in [-0.3, -0.25) is 9.67 Å². The van der Waals surface area contributed by atoms with Crippen LogP contribution < -0.4 is 20.1 Å². The molecule has 0 unspecified atom stereocenters. The average molecular weight is 367 g/mol. The fraction of sp³-hybridized carbons (Fsp3) is 0.222. The van der Waals surface area contributed by atoms with Gasteiger partial charge < -0.3 is 20.1 Å². The zero-order valence-corrected chi connectivity index (χ0v) is 14.6. The van der Waals surface area contributed by atoms with Gasteiger partial charge in [-0.1, -0.05) is 0 Å². The summed E-state index contributed by atoms with van der Waals surface area (Å²) in [5.74, 6) is -0.128. The second-order valence-corrected chi connectivity index (χ2v) is 5.94. The first-order chi connectivity index (χ1) is 13.1. The molecule has 4 rings (SSSR count). The van der Waals surface area contributed by atoms with Crippen LogP contribution in [-0.2, 0) is 16.6 Å². The van der Waals surface area contributed by atoms with E-state index in [-0.39, 0.29) is 11.5 Å². The van der Waals surface area contributed by atoms with Gasteiger partial charge in [-0.25, -0.2) is 9.59 Å². The number of carbonyl (C=O) groups excluding carboxylic acids is 2. The van der Waals surface area contributed by atoms with Gasteiger partial charge in [0.05, 0.1) is 24.3 Å². The van der Waals surface area contributed by atoms with Crippen molar-refractivity contribution in [3.8, 4) is 22.8 Å². The fourth-order valence-electron chi connectivity index (χ4n) is 2.92. The maximum Gasteiger partial charge on any atom is 0.336 e. The first-order valence-corrected chi connectivity index (χ1v) is 8.40. The summed E-state index contributed by atoms with van der Waals surface area (Å²) in [5, 5.41) is 10.7. The number of hydrogen-bond donors (Lipinski definition) is 2. The normalized spacial score (nSPS) is 17.0. The SMILES string of the molecule is Cn1nccc1-c1c(NCC2=NCCN2)ccc2c1OC(=O)/C=C/C(=O)O2. The molecular formula is C18H17N5O4. The quantitative estimate of drug-likeness (QED) is 0.610. The molecule has 138 valence electrons. The van der Waals surface area contributed by atoms with Gasteiger partial charge in [-0.15, -0.1) is 0 Å². The number of hydrogen-bond acceptors (Lipinski definition) is 8. The van der Waals surface area contributed by atoms with E-state index < -0.39 is 11.9 Å². The van der Waals surface area contributed by atoms with E-state index in [9.17, 15) is 9.59 Å². The zero-order chi connectivity index (χ0) is 18.8. The molecule has 0 spiro atoms. The number of fused-ring (bicyclic) bond motifs is 1. The van der Waals surface area contributed by atoms with Crippen LogP contribution >= 0.6 is 0 Å². The molecule has 0 fully saturated rings. The summed E-state index contributed by atoms with van der Waals surface area (Å²) in [6.45, 7) is 2.04. The third-order valence-corrected chi connectivity index (χ3v) is 4.16. The molecule has 2 aromatic rings. The summed E-state index contributed by atoms with van der Waals surface area (Å²) >= 11 is 0. The largest absolute Gasteiger partial charge is 0.419 e. The predicted molar refractivity (Wildman–Crippen MR) is 97.8 cm³/mol. The van der Waals surface area contributed by atoms with E-state index >= 15 is 0 Å². The van der Waals surface area contributed by atoms with Gasteiger partial charge in [0.2, 0.25) is 0 Å². The van der Waals surface area contributed by atoms with Gasteiger partial charge in [0.15, 0.2) is 11.5 Å². The van der Waals surface area contributed by atoms with Crippen molar-refractivity contribution in [2.24, 2.45) is 12.0 Å². The van der Waals surface area contributed by atoms with Gasteiger partial charge >= 0.3 is 11.9 Å². The summed E-state index contributed by atoms with van der Waals surface area (Å²) in [5.41, 5.74) is 1.97. The molecule has 27 heavy (non-hydrogen) atoms. The lowest BCUT2D eigenvalue weighted by Gasteiger charge is -2.19. The standard InChI is InChI=1S/C18H17N5O4/c1-23-12(6-7-22-23)17-11(21-10-14-19-8-9-20-14)2-3-13-18(17)27-16(25)5-4-15(24)26-13/h2-7,21H,8-10H2,1H3,(H,19,20)/b5-4+. The zero-order valence-electron chi connectivity index (χ0n) is 14.6. The monoisotopic (exact) mass is 367 g/mol. The Kier molecular flexibility index (Phi) is 4.33. The number of rotatable bonds is 4. The number of carbonyl (C=O) groups is 2. The Morgan fingerprint density at radius 3 is 2.70 bits per heavy atom. The lowest BCUT2D eigenvalue weighted by Crippen LogP contribution is -2.26. The lowest BCUT2D eigenvalue weighted by molar-refractivity contribution is -0.133. The number of ether oxygens (including phenoxy) is 2. The van der Waals surface area contributed by atoms with Crippen LogP contribution in [-0.4, -0.2) is 47.2 Å². The Morgan fingerprint density at radius 1 is 1.19 bits per heavy atom. The van der Waals surface area contributed by atoms with E-state index in [0.717, 1.165) is 31.1 Å². The minimum Gasteiger partial charge on any atom is -0.419 e. The molecule has 3 heterocycles. The molecule has 0 aliphatic carbocycles. The third kappa shape index (κ3) is 3.39. The topological polar surface area (TPSA) is 107 Å². The molecule has 0 radical (unpaired) electrons. The molecule has 9 nitrogen and oxygen atoms in total. The summed E-state index contributed by atoms with van der Waals surface area (Å²) < 4.78 is 12.4. The minimum atomic E-state index is -0.657. The molecule has 0 saturated carbocycles. The average Bonchev–Trinajstić information content (AvgIpc) is 3.30. The number of amidine groups is 1. The molecule has 1 aromatic carbocycles. The number of aromatic nitrogens is 2. The van der Waals surface area contributed by atoms with E-state index in [1.165, 1.54) is 0 Å². The first kappa shape index (κ1) is 16.8. The van der Waals surface area contributed by atoms with Gasteiger partial charge in [-0.05, 0) is 18.2 Å². The van der Waals surface area contributed by atoms with Crippen molar-refractivity contribution in [1.29, 1.82) is 0 Å². The minimum absolute atomic E-state index is 0.160. The Bertz CT molecular complexity index is 976. The molecule has 2 aliphatic heterocycles. The highest BCUT2D eigenvalue weighted by Gasteiger charge is 2.24. The summed E-state index contributed by atoms with van der Waals surface area (Å²) in [4.78, 5) is 28.2. The number of nitrogens with zero attached hydrogens (tertiary/aromatic N) is 3. The molecular weight excluding hydrogens is 350 g/mol. The Labute approximate surface area is 154 Å². The first-order valence-electron chi connectivity index (χ1n) is 8.40. The highest BCUT2D eigenvalue weighted by molar-refractivity contribution is 5.98. The van der Waals surface area contributed by atoms with Crippen LogP contribution in [0.4, 0.5) is 5.69 Å². The van der Waals surface area contributed by atoms with Crippen LogP contribution in [0.5, 0.6) is 11.5 Å². The predicted octanol–water partition coefficient (Wildman–Crippen LogP) is 0.881. The van der Waals surface area contributed by atoms with Gasteiger partial charge in [0, 0.05) is 37.6 Å². The van der Waals surface area contributed by atoms with Gasteiger partial charge in [0.25, 0.3) is 0 Å². The van der Waals surface area contributed by atoms with Crippen molar-refractivity contribution in [2.75, 3.05) is 25.0 Å². The smallest absolute Gasteiger partial charge is 0.336 e. The van der Waals surface area contributed by atoms with Crippen molar-refractivity contribution >= 4 is 23.5 Å². The number of esters is 2. The number of benzene rings is 1. The highest BCUT2D eigenvalue weighted by Crippen LogP contribution is 2.44. The maximum absolute atomic E-state index is 12.0. The van der Waals surface area contributed by atoms with Crippen LogP contribution in [0.1, 0.15) is 0 Å². The molecule has 1 aromatic heterocycles. The summed E-state index contributed by atoms with van der Waals surface area (Å²) in [6.07, 6.45) is 3.71. The summed E-state index contributed by atoms with van der Waals surface area (Å²) in [6, 6.07) is 5.14. The van der Waals surface area contributed by atoms with Crippen LogP contribution in [0.2, 0.25) is 0 Å². The maximum atomic E-state index is 12.0. The third-order valence-electron chi connectivity index (χ3n) is 4.16. The highest BCUT2D eigenvalue weighted by atomic mass is 16.6. The molecule has 2 N–H and O–H groups in total. The van der Waals surface area contributed by atoms with Gasteiger partial charge in [0.1, 0.15) is 5.84 Å². The van der Waals surface area contributed by atoms with Crippen molar-refractivity contribution < 1.29 is 19.1 Å². The van der Waals surface area contributed by atoms with Crippen molar-refractivity contribution in [2.45, 2.75) is 0 Å². The second kappa shape index (κ2) is 6.94. The molecule has 0 amide bonds. The number of anilines is 1. The van der Waals surface area contributed by atoms with Crippen LogP contribution in [0.3, 0.4) is 0 Å². The lowest BCUT2D eigenvalue weighted by atomic mass is 10.1. The van der Waals surface area contributed by atoms with E-state index in [2.05, 4.69) is 20.7 Å². The molecule has 0 bridgehead atoms. The fourth-order valence-corrected chi connectivity index (χ4v) is 2.92. The van der Waals surface area contributed by atoms with E-state index in [0.29, 0.717) is 23.5 Å². The Morgan fingerprint density at radius 2 is 2.00 bits per heavy atom. The summed E-state index contributed by atoms with van der Waals surface area (Å²) in [7, 11) is 1.78. The van der Waals surface area contributed by atoms with Crippen LogP contribution in [0.25, 0.3) is 11.3 Å². The molecule has 2 aliphatic rings. The van der Waals surface area contributed by atoms with Crippen molar-refractivity contribution in [3.63, 3.8) is 0 Å². The van der Waals surface area contributed by atoms with Crippen molar-refractivity contribution in [1.82, 2.24) is 15.1 Å². The van der Waals surface area contributed by atoms with E-state index in [4.69, 9.17) is 9.47 Å². The Balaban J connectivity index is 1.81. The molecule has 9 heteroatoms. The molecule has 0 atom stereocenters. The van der Waals surface area contributed by atoms with Crippen LogP contribution in [0.15, 0.2) is 41.5 Å². The van der Waals surface area contributed by atoms with Gasteiger partial charge in [-0.2, -0.15) is 5.10 Å². The van der Waals surface area contributed by atoms with Crippen molar-refractivity contribution in [3.05, 3.63) is 36.5 Å².